The Kier molecular flexibility index (Phi) is 36.5. The maximum atomic E-state index is 14.6. The molecule has 5 amide bonds. The molecule has 12 atom stereocenters. The molecule has 0 aliphatic rings. The second-order valence-electron chi connectivity index (χ2n) is 25.1. The molecule has 0 aromatic carbocycles. The van der Waals surface area contributed by atoms with Gasteiger partial charge in [0.25, 0.3) is 0 Å². The molecule has 0 spiro atoms. The summed E-state index contributed by atoms with van der Waals surface area (Å²) in [5.74, 6) is -4.62. The number of nitrogens with zero attached hydrogens (tertiary/aromatic N) is 12. The molecule has 3 unspecified atom stereocenters. The molecular formula is C57H93BN21O18P3S6. The van der Waals surface area contributed by atoms with E-state index in [-0.39, 0.29) is 97.3 Å². The van der Waals surface area contributed by atoms with Gasteiger partial charge < -0.3 is 110 Å². The molecule has 39 nitrogen and oxygen atoms in total. The van der Waals surface area contributed by atoms with Crippen molar-refractivity contribution in [3.63, 3.8) is 0 Å². The minimum atomic E-state index is -4.30. The molecule has 6 heterocycles. The van der Waals surface area contributed by atoms with Crippen LogP contribution in [-0.2, 0) is 89.9 Å². The largest absolute Gasteiger partial charge is 0.382 e. The molecule has 106 heavy (non-hydrogen) atoms. The molecule has 6 aromatic rings. The third kappa shape index (κ3) is 29.1. The summed E-state index contributed by atoms with van der Waals surface area (Å²) in [6.45, 7) is 15.1. The highest BCUT2D eigenvalue weighted by atomic mass is 33.1. The highest BCUT2D eigenvalue weighted by molar-refractivity contribution is 8.77. The van der Waals surface area contributed by atoms with Gasteiger partial charge in [-0.15, -0.1) is 0 Å². The maximum absolute atomic E-state index is 14.6. The monoisotopic (exact) mass is 1660 g/mol. The van der Waals surface area contributed by atoms with Gasteiger partial charge in [-0.1, -0.05) is 106 Å². The van der Waals surface area contributed by atoms with Gasteiger partial charge in [-0.05, 0) is 38.5 Å². The lowest BCUT2D eigenvalue weighted by Crippen LogP contribution is -2.61. The number of nitrogens with one attached hydrogen (secondary N) is 5. The van der Waals surface area contributed by atoms with E-state index < -0.39 is 143 Å². The number of nitrogen functional groups attached to an aromatic ring is 3. The van der Waals surface area contributed by atoms with Gasteiger partial charge in [-0.3, -0.25) is 37.7 Å². The van der Waals surface area contributed by atoms with Gasteiger partial charge in [0.2, 0.25) is 29.5 Å². The van der Waals surface area contributed by atoms with E-state index in [1.165, 1.54) is 67.4 Å². The van der Waals surface area contributed by atoms with E-state index in [1.54, 1.807) is 76.0 Å². The number of rotatable bonds is 50. The Morgan fingerprint density at radius 3 is 1.05 bits per heavy atom. The quantitative estimate of drug-likeness (QED) is 0.0112. The summed E-state index contributed by atoms with van der Waals surface area (Å²) in [6.07, 6.45) is 4.80. The van der Waals surface area contributed by atoms with Crippen molar-refractivity contribution in [2.75, 3.05) is 90.6 Å². The summed E-state index contributed by atoms with van der Waals surface area (Å²) in [5, 5.41) is 13.6. The molecule has 0 bridgehead atoms. The van der Waals surface area contributed by atoms with Crippen LogP contribution in [0, 0.1) is 17.8 Å². The van der Waals surface area contributed by atoms with E-state index in [0.717, 1.165) is 43.2 Å². The summed E-state index contributed by atoms with van der Waals surface area (Å²) in [6, 6.07) is -7.44. The Balaban J connectivity index is 1.04. The van der Waals surface area contributed by atoms with E-state index in [0.29, 0.717) is 33.5 Å². The Labute approximate surface area is 636 Å². The standard InChI is InChI=1S/C57H93BN21O18P3S6/c1-31(2)40(59)55(83)73-38(20-105-102-14-11-96-99(88,89)29-93-35(8)17-78-26-70-44-48(61)64-23-67-51(44)78)53(81)76-42(33(5)6)57(85)74-39(21-106-103-15-12-97-100(90,91)30-94-36(9)18-79-27-71-45-49(62)65-24-68-52(45)79)54(82)75-41(32(3)4)56(84)72-37(46(58)80)19-104-101-13-10-95-98(86,87)28-92-34(7)16-77-25-69-43-47(60)63-22-66-50(43)77/h22-27,31-42H,10-21,28-30,58-59H2,1-9H3,(H,72,84)(H,73,83)(H,74,85)(H,75,82)(H,76,81)(H,86,87)(H,88,89)(H,90,91)(H2,60,63,66)(H2,61,64,67)(H2,62,65,68)/t34-,35-,36-,37-,38-,39-,40-,41-,42-/m0/s1. The van der Waals surface area contributed by atoms with Crippen LogP contribution >= 0.6 is 87.6 Å². The molecule has 0 aliphatic carbocycles. The van der Waals surface area contributed by atoms with Crippen LogP contribution in [0.5, 0.6) is 0 Å². The summed E-state index contributed by atoms with van der Waals surface area (Å²) in [5.41, 5.74) is 26.0. The number of carbonyl (C=O) groups is 6. The fraction of sp³-hybridized carbons (Fsp3) is 0.632. The number of hydrogen-bond acceptors (Lipinski definition) is 34. The van der Waals surface area contributed by atoms with Gasteiger partial charge in [0.05, 0.1) is 88.8 Å². The predicted octanol–water partition coefficient (Wildman–Crippen LogP) is 1.97. The number of nitrogens with two attached hydrogens (primary N) is 4. The molecule has 6 rings (SSSR count). The third-order valence-corrected chi connectivity index (χ3v) is 25.5. The Morgan fingerprint density at radius 1 is 0.443 bits per heavy atom. The minimum absolute atomic E-state index is 0.0448. The number of imidazole rings is 3. The van der Waals surface area contributed by atoms with Crippen LogP contribution in [0.3, 0.4) is 0 Å². The molecule has 0 fully saturated rings. The SMILES string of the molecule is BC(=O)[C@H](CSSCCOP(=O)(O)CO[C@@H](C)Cn1cnc2c(N)ncnc21)NC(=O)[C@@H](NC(=O)[C@H](CSSCCOP(=O)(O)CO[C@@H](C)Cn1cnc2c(N)ncnc21)NC(=O)[C@@H](NC(=O)[C@H](CSSCCOP(=O)(O)CO[C@@H](C)Cn1cnc2c(N)ncnc21)NC(=O)[C@@H](N)C(C)C)C(C)C)C(C)C. The second kappa shape index (κ2) is 43.2. The van der Waals surface area contributed by atoms with E-state index in [1.807, 2.05) is 0 Å². The number of hydrogen-bond donors (Lipinski definition) is 12. The molecule has 0 saturated carbocycles. The number of amides is 5. The number of aromatic nitrogens is 12. The van der Waals surface area contributed by atoms with Crippen LogP contribution in [0.15, 0.2) is 38.0 Å². The topological polar surface area (TPSA) is 565 Å². The van der Waals surface area contributed by atoms with Crippen molar-refractivity contribution in [1.82, 2.24) is 85.1 Å². The van der Waals surface area contributed by atoms with Crippen molar-refractivity contribution in [2.45, 2.75) is 137 Å². The number of fused-ring (bicyclic) bond motifs is 3. The van der Waals surface area contributed by atoms with Crippen LogP contribution in [0.1, 0.15) is 62.3 Å². The van der Waals surface area contributed by atoms with Crippen molar-refractivity contribution in [2.24, 2.45) is 23.5 Å². The number of ether oxygens (including phenoxy) is 3. The zero-order valence-corrected chi connectivity index (χ0v) is 67.5. The van der Waals surface area contributed by atoms with Crippen LogP contribution in [-0.4, -0.2) is 244 Å². The zero-order chi connectivity index (χ0) is 78.1. The smallest absolute Gasteiger partial charge is 0.353 e. The van der Waals surface area contributed by atoms with E-state index >= 15 is 0 Å². The van der Waals surface area contributed by atoms with E-state index in [9.17, 15) is 57.1 Å². The van der Waals surface area contributed by atoms with E-state index in [2.05, 4.69) is 71.4 Å². The van der Waals surface area contributed by atoms with Gasteiger partial charge in [0, 0.05) is 34.5 Å². The third-order valence-electron chi connectivity index (χ3n) is 15.1. The first-order chi connectivity index (χ1) is 50.0. The first-order valence-electron chi connectivity index (χ1n) is 33.0. The van der Waals surface area contributed by atoms with Crippen molar-refractivity contribution < 1.29 is 84.9 Å². The Hall–Kier alpha value is -5.48. The highest BCUT2D eigenvalue weighted by Gasteiger charge is 2.36. The van der Waals surface area contributed by atoms with E-state index in [4.69, 9.17) is 50.7 Å². The Bertz CT molecular complexity index is 4050. The molecule has 16 N–H and O–H groups in total. The minimum Gasteiger partial charge on any atom is -0.382 e. The first kappa shape index (κ1) is 89.4. The fourth-order valence-corrected chi connectivity index (χ4v) is 18.4. The average Bonchev–Trinajstić information content (AvgIpc) is 1.73. The summed E-state index contributed by atoms with van der Waals surface area (Å²) < 4.78 is 76.8. The molecule has 0 saturated heterocycles. The van der Waals surface area contributed by atoms with Gasteiger partial charge in [-0.25, -0.2) is 44.9 Å². The molecule has 588 valence electrons. The Morgan fingerprint density at radius 2 is 0.745 bits per heavy atom. The van der Waals surface area contributed by atoms with Crippen LogP contribution < -0.4 is 49.5 Å². The van der Waals surface area contributed by atoms with Crippen molar-refractivity contribution in [1.29, 1.82) is 0 Å². The molecule has 6 aromatic heterocycles. The summed E-state index contributed by atoms with van der Waals surface area (Å²) >= 11 is 0. The van der Waals surface area contributed by atoms with Gasteiger partial charge in [0.15, 0.2) is 42.2 Å². The molecule has 0 aliphatic heterocycles. The molecule has 49 heteroatoms. The summed E-state index contributed by atoms with van der Waals surface area (Å²) in [4.78, 5) is 153. The van der Waals surface area contributed by atoms with Gasteiger partial charge in [0.1, 0.15) is 84.4 Å². The van der Waals surface area contributed by atoms with Crippen molar-refractivity contribution >= 4 is 182 Å². The van der Waals surface area contributed by atoms with Crippen LogP contribution in [0.4, 0.5) is 17.5 Å². The molecule has 0 radical (unpaired) electrons. The highest BCUT2D eigenvalue weighted by Crippen LogP contribution is 2.45. The number of carbonyl (C=O) groups excluding carboxylic acids is 6. The predicted molar refractivity (Wildman–Crippen MR) is 413 cm³/mol. The van der Waals surface area contributed by atoms with Crippen LogP contribution in [0.2, 0.25) is 0 Å². The van der Waals surface area contributed by atoms with Crippen LogP contribution in [0.25, 0.3) is 33.5 Å². The maximum Gasteiger partial charge on any atom is 0.353 e. The lowest BCUT2D eigenvalue weighted by atomic mass is 9.95. The lowest BCUT2D eigenvalue weighted by molar-refractivity contribution is -0.135. The summed E-state index contributed by atoms with van der Waals surface area (Å²) in [7, 11) is -4.59. The van der Waals surface area contributed by atoms with Crippen molar-refractivity contribution in [3.8, 4) is 0 Å². The number of anilines is 3. The first-order valence-corrected chi connectivity index (χ1v) is 45.8. The normalized spacial score (nSPS) is 16.3. The average molecular weight is 1660 g/mol. The van der Waals surface area contributed by atoms with Gasteiger partial charge >= 0.3 is 22.8 Å². The van der Waals surface area contributed by atoms with Crippen molar-refractivity contribution in [3.05, 3.63) is 38.0 Å². The zero-order valence-electron chi connectivity index (χ0n) is 59.9. The van der Waals surface area contributed by atoms with Gasteiger partial charge in [-0.2, -0.15) is 0 Å². The molecular weight excluding hydrogens is 1560 g/mol. The fourth-order valence-electron chi connectivity index (χ4n) is 9.33. The lowest BCUT2D eigenvalue weighted by Gasteiger charge is -2.29. The second-order valence-corrected chi connectivity index (χ2v) is 38.3.